The van der Waals surface area contributed by atoms with Crippen LogP contribution in [0.5, 0.6) is 0 Å². The number of carbonyl (C=O) groups is 1. The Hall–Kier alpha value is -1.88. The van der Waals surface area contributed by atoms with Gasteiger partial charge in [-0.3, -0.25) is 0 Å². The number of hydrogen-bond acceptors (Lipinski definition) is 5. The van der Waals surface area contributed by atoms with Gasteiger partial charge in [0.05, 0.1) is 12.6 Å². The van der Waals surface area contributed by atoms with E-state index in [2.05, 4.69) is 15.3 Å². The summed E-state index contributed by atoms with van der Waals surface area (Å²) in [6.45, 7) is 0. The van der Waals surface area contributed by atoms with Crippen LogP contribution >= 0.6 is 11.6 Å². The second-order valence-electron chi connectivity index (χ2n) is 5.62. The molecule has 1 aliphatic carbocycles. The predicted octanol–water partition coefficient (Wildman–Crippen LogP) is 3.57. The highest BCUT2D eigenvalue weighted by molar-refractivity contribution is 6.28. The summed E-state index contributed by atoms with van der Waals surface area (Å²) in [4.78, 5) is 20.9. The lowest BCUT2D eigenvalue weighted by atomic mass is 9.81. The summed E-state index contributed by atoms with van der Waals surface area (Å²) in [5, 5.41) is 4.33. The van der Waals surface area contributed by atoms with Crippen LogP contribution in [-0.4, -0.2) is 28.6 Å². The van der Waals surface area contributed by atoms with E-state index in [9.17, 15) is 4.79 Å². The fraction of sp³-hybridized carbons (Fsp3) is 0.438. The summed E-state index contributed by atoms with van der Waals surface area (Å²) in [7, 11) is 1.42. The number of esters is 1. The Balaban J connectivity index is 2.04. The molecule has 0 unspecified atom stereocenters. The van der Waals surface area contributed by atoms with E-state index in [1.54, 1.807) is 0 Å². The summed E-state index contributed by atoms with van der Waals surface area (Å²) in [6, 6.07) is 7.60. The Labute approximate surface area is 134 Å². The molecule has 0 spiro atoms. The summed E-state index contributed by atoms with van der Waals surface area (Å²) in [6.07, 6.45) is 4.56. The first-order chi connectivity index (χ1) is 10.6. The van der Waals surface area contributed by atoms with Crippen LogP contribution in [0.15, 0.2) is 24.3 Å². The minimum absolute atomic E-state index is 0.164. The van der Waals surface area contributed by atoms with Crippen LogP contribution in [-0.2, 0) is 9.53 Å². The summed E-state index contributed by atoms with van der Waals surface area (Å²) >= 11 is 6.02. The molecule has 22 heavy (non-hydrogen) atoms. The molecule has 1 aromatic carbocycles. The van der Waals surface area contributed by atoms with E-state index in [1.165, 1.54) is 7.11 Å². The molecular formula is C16H18ClN3O2. The fourth-order valence-electron chi connectivity index (χ4n) is 3.10. The zero-order valence-electron chi connectivity index (χ0n) is 12.4. The standard InChI is InChI=1S/C16H18ClN3O2/c1-22-14(21)16(9-5-2-6-10-16)20-13-11-7-3-4-8-12(11)18-15(17)19-13/h3-4,7-8H,2,5-6,9-10H2,1H3,(H,18,19,20). The third kappa shape index (κ3) is 2.73. The number of methoxy groups -OCH3 is 1. The Kier molecular flexibility index (Phi) is 4.16. The molecule has 6 heteroatoms. The maximum atomic E-state index is 12.4. The number of para-hydroxylation sites is 1. The SMILES string of the molecule is COC(=O)C1(Nc2nc(Cl)nc3ccccc23)CCCCC1. The molecule has 5 nitrogen and oxygen atoms in total. The van der Waals surface area contributed by atoms with Crippen molar-refractivity contribution in [3.05, 3.63) is 29.5 Å². The second-order valence-corrected chi connectivity index (χ2v) is 5.96. The van der Waals surface area contributed by atoms with Crippen molar-refractivity contribution in [3.63, 3.8) is 0 Å². The highest BCUT2D eigenvalue weighted by Gasteiger charge is 2.41. The highest BCUT2D eigenvalue weighted by Crippen LogP contribution is 2.34. The molecule has 1 N–H and O–H groups in total. The van der Waals surface area contributed by atoms with Gasteiger partial charge in [0.25, 0.3) is 0 Å². The summed E-state index contributed by atoms with van der Waals surface area (Å²) in [5.74, 6) is 0.342. The Bertz CT molecular complexity index is 699. The van der Waals surface area contributed by atoms with E-state index in [4.69, 9.17) is 16.3 Å². The molecule has 0 atom stereocenters. The molecule has 0 saturated heterocycles. The van der Waals surface area contributed by atoms with E-state index in [0.29, 0.717) is 5.82 Å². The van der Waals surface area contributed by atoms with Crippen molar-refractivity contribution in [1.29, 1.82) is 0 Å². The number of halogens is 1. The molecule has 0 amide bonds. The third-order valence-electron chi connectivity index (χ3n) is 4.22. The smallest absolute Gasteiger partial charge is 0.331 e. The molecule has 1 saturated carbocycles. The minimum Gasteiger partial charge on any atom is -0.467 e. The Morgan fingerprint density at radius 1 is 1.23 bits per heavy atom. The van der Waals surface area contributed by atoms with Crippen LogP contribution in [0.3, 0.4) is 0 Å². The van der Waals surface area contributed by atoms with Gasteiger partial charge < -0.3 is 10.1 Å². The number of fused-ring (bicyclic) bond motifs is 1. The van der Waals surface area contributed by atoms with Crippen molar-refractivity contribution in [2.24, 2.45) is 0 Å². The predicted molar refractivity (Wildman–Crippen MR) is 86.0 cm³/mol. The van der Waals surface area contributed by atoms with E-state index >= 15 is 0 Å². The van der Waals surface area contributed by atoms with Gasteiger partial charge in [-0.2, -0.15) is 0 Å². The fourth-order valence-corrected chi connectivity index (χ4v) is 3.28. The van der Waals surface area contributed by atoms with Crippen molar-refractivity contribution >= 4 is 34.3 Å². The molecule has 1 aliphatic rings. The van der Waals surface area contributed by atoms with Gasteiger partial charge in [0.2, 0.25) is 5.28 Å². The van der Waals surface area contributed by atoms with E-state index in [1.807, 2.05) is 24.3 Å². The normalized spacial score (nSPS) is 17.2. The first-order valence-corrected chi connectivity index (χ1v) is 7.81. The van der Waals surface area contributed by atoms with Gasteiger partial charge in [-0.05, 0) is 36.6 Å². The number of ether oxygens (including phenoxy) is 1. The molecular weight excluding hydrogens is 302 g/mol. The highest BCUT2D eigenvalue weighted by atomic mass is 35.5. The lowest BCUT2D eigenvalue weighted by molar-refractivity contribution is -0.147. The molecule has 1 fully saturated rings. The van der Waals surface area contributed by atoms with Gasteiger partial charge in [-0.15, -0.1) is 0 Å². The Morgan fingerprint density at radius 2 is 1.95 bits per heavy atom. The topological polar surface area (TPSA) is 64.1 Å². The lowest BCUT2D eigenvalue weighted by Crippen LogP contribution is -2.48. The van der Waals surface area contributed by atoms with Crippen LogP contribution in [0.25, 0.3) is 10.9 Å². The Morgan fingerprint density at radius 3 is 2.68 bits per heavy atom. The molecule has 0 aliphatic heterocycles. The zero-order valence-corrected chi connectivity index (χ0v) is 13.2. The molecule has 1 aromatic heterocycles. The van der Waals surface area contributed by atoms with Crippen molar-refractivity contribution in [3.8, 4) is 0 Å². The number of nitrogens with one attached hydrogen (secondary N) is 1. The van der Waals surface area contributed by atoms with Gasteiger partial charge in [-0.25, -0.2) is 14.8 Å². The van der Waals surface area contributed by atoms with Crippen LogP contribution in [0.1, 0.15) is 32.1 Å². The lowest BCUT2D eigenvalue weighted by Gasteiger charge is -2.35. The van der Waals surface area contributed by atoms with Crippen LogP contribution in [0.2, 0.25) is 5.28 Å². The molecule has 0 bridgehead atoms. The van der Waals surface area contributed by atoms with E-state index < -0.39 is 5.54 Å². The summed E-state index contributed by atoms with van der Waals surface area (Å²) in [5.41, 5.74) is 0.0220. The van der Waals surface area contributed by atoms with E-state index in [0.717, 1.165) is 43.0 Å². The van der Waals surface area contributed by atoms with Crippen molar-refractivity contribution in [2.45, 2.75) is 37.6 Å². The van der Waals surface area contributed by atoms with E-state index in [-0.39, 0.29) is 11.3 Å². The van der Waals surface area contributed by atoms with Gasteiger partial charge in [0.1, 0.15) is 11.4 Å². The average Bonchev–Trinajstić information content (AvgIpc) is 2.54. The largest absolute Gasteiger partial charge is 0.467 e. The number of carbonyl (C=O) groups excluding carboxylic acids is 1. The molecule has 116 valence electrons. The van der Waals surface area contributed by atoms with Crippen LogP contribution in [0.4, 0.5) is 5.82 Å². The molecule has 1 heterocycles. The number of hydrogen-bond donors (Lipinski definition) is 1. The zero-order chi connectivity index (χ0) is 15.6. The molecule has 0 radical (unpaired) electrons. The van der Waals surface area contributed by atoms with Crippen molar-refractivity contribution in [2.75, 3.05) is 12.4 Å². The summed E-state index contributed by atoms with van der Waals surface area (Å²) < 4.78 is 5.03. The van der Waals surface area contributed by atoms with Crippen molar-refractivity contribution < 1.29 is 9.53 Å². The van der Waals surface area contributed by atoms with Gasteiger partial charge in [0, 0.05) is 5.39 Å². The maximum Gasteiger partial charge on any atom is 0.331 e. The van der Waals surface area contributed by atoms with Gasteiger partial charge in [-0.1, -0.05) is 31.4 Å². The minimum atomic E-state index is -0.729. The van der Waals surface area contributed by atoms with Gasteiger partial charge >= 0.3 is 5.97 Å². The van der Waals surface area contributed by atoms with Crippen LogP contribution < -0.4 is 5.32 Å². The monoisotopic (exact) mass is 319 g/mol. The molecule has 2 aromatic rings. The quantitative estimate of drug-likeness (QED) is 0.692. The number of benzene rings is 1. The second kappa shape index (κ2) is 6.08. The number of anilines is 1. The number of nitrogens with zero attached hydrogens (tertiary/aromatic N) is 2. The number of rotatable bonds is 3. The first-order valence-electron chi connectivity index (χ1n) is 7.43. The average molecular weight is 320 g/mol. The molecule has 3 rings (SSSR count). The van der Waals surface area contributed by atoms with Crippen molar-refractivity contribution in [1.82, 2.24) is 9.97 Å². The number of aromatic nitrogens is 2. The van der Waals surface area contributed by atoms with Gasteiger partial charge in [0.15, 0.2) is 0 Å². The first kappa shape index (κ1) is 15.0. The maximum absolute atomic E-state index is 12.4. The third-order valence-corrected chi connectivity index (χ3v) is 4.39. The van der Waals surface area contributed by atoms with Crippen LogP contribution in [0, 0.1) is 0 Å².